The van der Waals surface area contributed by atoms with Crippen molar-refractivity contribution in [2.45, 2.75) is 26.4 Å². The van der Waals surface area contributed by atoms with Gasteiger partial charge >= 0.3 is 0 Å². The second kappa shape index (κ2) is 6.02. The van der Waals surface area contributed by atoms with Crippen LogP contribution in [-0.2, 0) is 26.6 Å². The maximum Gasteiger partial charge on any atom is 0.0946 e. The molecule has 2 rings (SSSR count). The molecule has 0 bridgehead atoms. The van der Waals surface area contributed by atoms with Gasteiger partial charge in [-0.25, -0.2) is 4.98 Å². The summed E-state index contributed by atoms with van der Waals surface area (Å²) in [6.45, 7) is 4.57. The zero-order chi connectivity index (χ0) is 13.0. The Bertz CT molecular complexity index is 489. The largest absolute Gasteiger partial charge is 0.336 e. The number of rotatable bonds is 6. The first-order valence-electron chi connectivity index (χ1n) is 6.09. The number of halogens is 1. The maximum absolute atomic E-state index is 6.27. The van der Waals surface area contributed by atoms with E-state index in [-0.39, 0.29) is 0 Å². The van der Waals surface area contributed by atoms with Crippen molar-refractivity contribution in [1.29, 1.82) is 0 Å². The van der Waals surface area contributed by atoms with Crippen molar-refractivity contribution in [2.75, 3.05) is 6.54 Å². The molecule has 0 saturated carbocycles. The molecular weight excluding hydrogens is 250 g/mol. The van der Waals surface area contributed by atoms with Gasteiger partial charge in [-0.2, -0.15) is 5.10 Å². The lowest BCUT2D eigenvalue weighted by atomic mass is 10.3. The molecule has 0 aliphatic heterocycles. The molecule has 0 unspecified atom stereocenters. The van der Waals surface area contributed by atoms with Gasteiger partial charge in [0.05, 0.1) is 22.7 Å². The summed E-state index contributed by atoms with van der Waals surface area (Å²) in [6.07, 6.45) is 6.41. The Kier molecular flexibility index (Phi) is 4.38. The van der Waals surface area contributed by atoms with Crippen LogP contribution in [0.2, 0.25) is 5.02 Å². The van der Waals surface area contributed by atoms with Crippen LogP contribution in [0.3, 0.4) is 0 Å². The molecule has 0 aliphatic carbocycles. The molecular formula is C12H18ClN5. The highest BCUT2D eigenvalue weighted by Gasteiger charge is 2.11. The lowest BCUT2D eigenvalue weighted by Gasteiger charge is -2.06. The first kappa shape index (κ1) is 13.1. The van der Waals surface area contributed by atoms with E-state index >= 15 is 0 Å². The van der Waals surface area contributed by atoms with Crippen LogP contribution in [0.4, 0.5) is 0 Å². The number of nitrogens with zero attached hydrogens (tertiary/aromatic N) is 4. The van der Waals surface area contributed by atoms with Gasteiger partial charge in [-0.15, -0.1) is 0 Å². The highest BCUT2D eigenvalue weighted by atomic mass is 35.5. The number of hydrogen-bond acceptors (Lipinski definition) is 3. The normalized spacial score (nSPS) is 11.1. The summed E-state index contributed by atoms with van der Waals surface area (Å²) in [5.41, 5.74) is 2.00. The number of imidazole rings is 1. The van der Waals surface area contributed by atoms with E-state index < -0.39 is 0 Å². The van der Waals surface area contributed by atoms with Crippen LogP contribution in [0.5, 0.6) is 0 Å². The number of nitrogens with one attached hydrogen (secondary N) is 1. The van der Waals surface area contributed by atoms with Gasteiger partial charge < -0.3 is 9.88 Å². The van der Waals surface area contributed by atoms with Crippen LogP contribution in [0.15, 0.2) is 18.7 Å². The minimum atomic E-state index is 0.733. The third-order valence-electron chi connectivity index (χ3n) is 2.90. The van der Waals surface area contributed by atoms with E-state index in [1.54, 1.807) is 6.20 Å². The SMILES string of the molecule is CCc1nn(C)c(CNCCn2ccnc2)c1Cl. The molecule has 0 saturated heterocycles. The van der Waals surface area contributed by atoms with Crippen LogP contribution in [-0.4, -0.2) is 25.9 Å². The molecule has 0 fully saturated rings. The molecule has 6 heteroatoms. The zero-order valence-corrected chi connectivity index (χ0v) is 11.5. The van der Waals surface area contributed by atoms with Crippen molar-refractivity contribution < 1.29 is 0 Å². The quantitative estimate of drug-likeness (QED) is 0.809. The first-order chi connectivity index (χ1) is 8.72. The molecule has 2 heterocycles. The summed E-state index contributed by atoms with van der Waals surface area (Å²) in [4.78, 5) is 4.00. The number of aryl methyl sites for hydroxylation is 2. The van der Waals surface area contributed by atoms with Crippen molar-refractivity contribution in [1.82, 2.24) is 24.6 Å². The molecule has 0 spiro atoms. The van der Waals surface area contributed by atoms with Gasteiger partial charge in [0.25, 0.3) is 0 Å². The Balaban J connectivity index is 1.85. The van der Waals surface area contributed by atoms with Gasteiger partial charge in [-0.3, -0.25) is 4.68 Å². The minimum Gasteiger partial charge on any atom is -0.336 e. The van der Waals surface area contributed by atoms with E-state index in [1.807, 2.05) is 28.8 Å². The molecule has 0 amide bonds. The van der Waals surface area contributed by atoms with E-state index in [4.69, 9.17) is 11.6 Å². The van der Waals surface area contributed by atoms with Crippen molar-refractivity contribution in [3.05, 3.63) is 35.1 Å². The van der Waals surface area contributed by atoms with Crippen molar-refractivity contribution in [2.24, 2.45) is 7.05 Å². The van der Waals surface area contributed by atoms with Crippen molar-refractivity contribution in [3.8, 4) is 0 Å². The van der Waals surface area contributed by atoms with E-state index in [1.165, 1.54) is 0 Å². The summed E-state index contributed by atoms with van der Waals surface area (Å²) in [6, 6.07) is 0. The lowest BCUT2D eigenvalue weighted by molar-refractivity contribution is 0.573. The Morgan fingerprint density at radius 1 is 1.44 bits per heavy atom. The van der Waals surface area contributed by atoms with Crippen LogP contribution < -0.4 is 5.32 Å². The monoisotopic (exact) mass is 267 g/mol. The van der Waals surface area contributed by atoms with E-state index in [2.05, 4.69) is 22.3 Å². The lowest BCUT2D eigenvalue weighted by Crippen LogP contribution is -2.20. The molecule has 0 aromatic carbocycles. The average Bonchev–Trinajstić information content (AvgIpc) is 2.96. The first-order valence-corrected chi connectivity index (χ1v) is 6.47. The van der Waals surface area contributed by atoms with Crippen molar-refractivity contribution >= 4 is 11.6 Å². The molecule has 18 heavy (non-hydrogen) atoms. The van der Waals surface area contributed by atoms with Gasteiger partial charge in [0, 0.05) is 39.1 Å². The molecule has 0 aliphatic rings. The maximum atomic E-state index is 6.27. The molecule has 2 aromatic rings. The summed E-state index contributed by atoms with van der Waals surface area (Å²) in [5.74, 6) is 0. The Morgan fingerprint density at radius 2 is 2.28 bits per heavy atom. The Hall–Kier alpha value is -1.33. The van der Waals surface area contributed by atoms with E-state index in [9.17, 15) is 0 Å². The second-order valence-corrected chi connectivity index (χ2v) is 4.54. The zero-order valence-electron chi connectivity index (χ0n) is 10.7. The second-order valence-electron chi connectivity index (χ2n) is 4.16. The molecule has 0 atom stereocenters. The highest BCUT2D eigenvalue weighted by Crippen LogP contribution is 2.20. The van der Waals surface area contributed by atoms with Gasteiger partial charge in [0.1, 0.15) is 0 Å². The van der Waals surface area contributed by atoms with Gasteiger partial charge in [0.2, 0.25) is 0 Å². The van der Waals surface area contributed by atoms with Crippen LogP contribution in [0.1, 0.15) is 18.3 Å². The summed E-state index contributed by atoms with van der Waals surface area (Å²) < 4.78 is 3.89. The highest BCUT2D eigenvalue weighted by molar-refractivity contribution is 6.31. The average molecular weight is 268 g/mol. The van der Waals surface area contributed by atoms with Crippen LogP contribution >= 0.6 is 11.6 Å². The molecule has 0 radical (unpaired) electrons. The van der Waals surface area contributed by atoms with Gasteiger partial charge in [0.15, 0.2) is 0 Å². The summed E-state index contributed by atoms with van der Waals surface area (Å²) in [7, 11) is 1.93. The number of aromatic nitrogens is 4. The third-order valence-corrected chi connectivity index (χ3v) is 3.34. The van der Waals surface area contributed by atoms with Gasteiger partial charge in [-0.05, 0) is 6.42 Å². The molecule has 98 valence electrons. The Morgan fingerprint density at radius 3 is 2.89 bits per heavy atom. The predicted octanol–water partition coefficient (Wildman–Crippen LogP) is 1.62. The summed E-state index contributed by atoms with van der Waals surface area (Å²) >= 11 is 6.27. The van der Waals surface area contributed by atoms with E-state index in [0.717, 1.165) is 42.5 Å². The van der Waals surface area contributed by atoms with Gasteiger partial charge in [-0.1, -0.05) is 18.5 Å². The van der Waals surface area contributed by atoms with Crippen LogP contribution in [0, 0.1) is 0 Å². The third kappa shape index (κ3) is 2.91. The Labute approximate surface area is 112 Å². The van der Waals surface area contributed by atoms with Crippen LogP contribution in [0.25, 0.3) is 0 Å². The topological polar surface area (TPSA) is 47.7 Å². The minimum absolute atomic E-state index is 0.733. The molecule has 2 aromatic heterocycles. The standard InChI is InChI=1S/C12H18ClN5/c1-3-10-12(13)11(17(2)16-10)8-14-4-6-18-7-5-15-9-18/h5,7,9,14H,3-4,6,8H2,1-2H3. The fraction of sp³-hybridized carbons (Fsp3) is 0.500. The fourth-order valence-corrected chi connectivity index (χ4v) is 2.21. The predicted molar refractivity (Wildman–Crippen MR) is 71.5 cm³/mol. The fourth-order valence-electron chi connectivity index (χ4n) is 1.85. The smallest absolute Gasteiger partial charge is 0.0946 e. The van der Waals surface area contributed by atoms with Crippen molar-refractivity contribution in [3.63, 3.8) is 0 Å². The number of hydrogen-bond donors (Lipinski definition) is 1. The van der Waals surface area contributed by atoms with E-state index in [0.29, 0.717) is 0 Å². The molecule has 5 nitrogen and oxygen atoms in total. The summed E-state index contributed by atoms with van der Waals surface area (Å²) in [5, 5.41) is 8.54. The molecule has 1 N–H and O–H groups in total.